The molecule has 96 valence electrons. The molecule has 0 aromatic heterocycles. The zero-order chi connectivity index (χ0) is 13.5. The van der Waals surface area contributed by atoms with Crippen molar-refractivity contribution in [2.75, 3.05) is 0 Å². The van der Waals surface area contributed by atoms with Crippen molar-refractivity contribution in [2.24, 2.45) is 5.41 Å². The van der Waals surface area contributed by atoms with Crippen molar-refractivity contribution in [1.29, 1.82) is 0 Å². The lowest BCUT2D eigenvalue weighted by Gasteiger charge is -2.16. The van der Waals surface area contributed by atoms with E-state index in [1.54, 1.807) is 5.57 Å². The van der Waals surface area contributed by atoms with Gasteiger partial charge < -0.3 is 0 Å². The van der Waals surface area contributed by atoms with Gasteiger partial charge in [0, 0.05) is 16.9 Å². The van der Waals surface area contributed by atoms with Crippen LogP contribution in [0.1, 0.15) is 62.9 Å². The number of rotatable bonds is 2. The van der Waals surface area contributed by atoms with E-state index >= 15 is 0 Å². The molecule has 0 radical (unpaired) electrons. The van der Waals surface area contributed by atoms with Crippen LogP contribution in [0.25, 0.3) is 0 Å². The number of ketones is 1. The summed E-state index contributed by atoms with van der Waals surface area (Å²) >= 11 is 0. The molecule has 1 aliphatic rings. The van der Waals surface area contributed by atoms with Gasteiger partial charge in [0.15, 0.2) is 5.78 Å². The third-order valence-corrected chi connectivity index (χ3v) is 3.58. The van der Waals surface area contributed by atoms with Crippen molar-refractivity contribution in [3.05, 3.63) is 46.5 Å². The topological polar surface area (TPSA) is 17.1 Å². The van der Waals surface area contributed by atoms with Gasteiger partial charge in [-0.2, -0.15) is 0 Å². The van der Waals surface area contributed by atoms with Crippen LogP contribution in [-0.2, 0) is 0 Å². The SMILES string of the molecule is CC(C)=C1CC1c1ccc(C(=O)C(C)(C)C)cc1. The van der Waals surface area contributed by atoms with Crippen molar-refractivity contribution >= 4 is 5.78 Å². The van der Waals surface area contributed by atoms with Crippen molar-refractivity contribution in [3.63, 3.8) is 0 Å². The summed E-state index contributed by atoms with van der Waals surface area (Å²) < 4.78 is 0. The van der Waals surface area contributed by atoms with E-state index in [9.17, 15) is 4.79 Å². The van der Waals surface area contributed by atoms with Crippen molar-refractivity contribution in [2.45, 2.75) is 47.0 Å². The lowest BCUT2D eigenvalue weighted by Crippen LogP contribution is -2.20. The fraction of sp³-hybridized carbons (Fsp3) is 0.471. The Hall–Kier alpha value is -1.37. The van der Waals surface area contributed by atoms with E-state index < -0.39 is 0 Å². The molecule has 0 aliphatic heterocycles. The third-order valence-electron chi connectivity index (χ3n) is 3.58. The molecule has 1 nitrogen and oxygen atoms in total. The lowest BCUT2D eigenvalue weighted by molar-refractivity contribution is 0.0858. The molecule has 0 spiro atoms. The van der Waals surface area contributed by atoms with Gasteiger partial charge in [0.2, 0.25) is 0 Å². The minimum absolute atomic E-state index is 0.215. The average Bonchev–Trinajstić information content (AvgIpc) is 3.07. The number of hydrogen-bond acceptors (Lipinski definition) is 1. The molecule has 1 aromatic carbocycles. The van der Waals surface area contributed by atoms with Crippen LogP contribution < -0.4 is 0 Å². The fourth-order valence-electron chi connectivity index (χ4n) is 2.33. The minimum Gasteiger partial charge on any atom is -0.294 e. The van der Waals surface area contributed by atoms with Gasteiger partial charge in [-0.1, -0.05) is 56.2 Å². The molecule has 0 heterocycles. The number of carbonyl (C=O) groups excluding carboxylic acids is 1. The monoisotopic (exact) mass is 242 g/mol. The Balaban J connectivity index is 2.18. The van der Waals surface area contributed by atoms with E-state index in [4.69, 9.17) is 0 Å². The maximum atomic E-state index is 12.1. The second-order valence-corrected chi connectivity index (χ2v) is 6.48. The Kier molecular flexibility index (Phi) is 3.18. The highest BCUT2D eigenvalue weighted by molar-refractivity contribution is 5.99. The van der Waals surface area contributed by atoms with E-state index in [1.807, 2.05) is 32.9 Å². The van der Waals surface area contributed by atoms with Gasteiger partial charge in [-0.3, -0.25) is 4.79 Å². The molecule has 1 heteroatoms. The molecule has 0 saturated heterocycles. The van der Waals surface area contributed by atoms with Gasteiger partial charge >= 0.3 is 0 Å². The van der Waals surface area contributed by atoms with Crippen LogP contribution in [0.4, 0.5) is 0 Å². The molecule has 1 unspecified atom stereocenters. The number of hydrogen-bond donors (Lipinski definition) is 0. The van der Waals surface area contributed by atoms with Crippen LogP contribution in [-0.4, -0.2) is 5.78 Å². The third kappa shape index (κ3) is 2.55. The molecular formula is C17H22O. The Morgan fingerprint density at radius 1 is 1.11 bits per heavy atom. The minimum atomic E-state index is -0.299. The van der Waals surface area contributed by atoms with Gasteiger partial charge in [-0.15, -0.1) is 0 Å². The Bertz CT molecular complexity index is 493. The highest BCUT2D eigenvalue weighted by atomic mass is 16.1. The largest absolute Gasteiger partial charge is 0.294 e. The maximum absolute atomic E-state index is 12.1. The molecule has 0 N–H and O–H groups in total. The quantitative estimate of drug-likeness (QED) is 0.541. The summed E-state index contributed by atoms with van der Waals surface area (Å²) in [5.74, 6) is 0.820. The summed E-state index contributed by atoms with van der Waals surface area (Å²) in [5, 5.41) is 0. The van der Waals surface area contributed by atoms with Gasteiger partial charge in [0.1, 0.15) is 0 Å². The second kappa shape index (κ2) is 4.38. The fourth-order valence-corrected chi connectivity index (χ4v) is 2.33. The van der Waals surface area contributed by atoms with Crippen LogP contribution in [0, 0.1) is 5.41 Å². The van der Waals surface area contributed by atoms with Gasteiger partial charge in [0.25, 0.3) is 0 Å². The molecule has 0 bridgehead atoms. The van der Waals surface area contributed by atoms with Crippen LogP contribution in [0.3, 0.4) is 0 Å². The van der Waals surface area contributed by atoms with E-state index in [-0.39, 0.29) is 11.2 Å². The zero-order valence-electron chi connectivity index (χ0n) is 12.0. The van der Waals surface area contributed by atoms with Crippen LogP contribution >= 0.6 is 0 Å². The van der Waals surface area contributed by atoms with E-state index in [0.717, 1.165) is 5.56 Å². The lowest BCUT2D eigenvalue weighted by atomic mass is 9.86. The maximum Gasteiger partial charge on any atom is 0.168 e. The summed E-state index contributed by atoms with van der Waals surface area (Å²) in [6.07, 6.45) is 1.19. The predicted molar refractivity (Wildman–Crippen MR) is 76.0 cm³/mol. The van der Waals surface area contributed by atoms with E-state index in [0.29, 0.717) is 5.92 Å². The molecule has 1 saturated carbocycles. The van der Waals surface area contributed by atoms with Gasteiger partial charge in [-0.25, -0.2) is 0 Å². The summed E-state index contributed by atoms with van der Waals surface area (Å²) in [4.78, 5) is 12.1. The molecular weight excluding hydrogens is 220 g/mol. The van der Waals surface area contributed by atoms with E-state index in [1.165, 1.54) is 17.6 Å². The van der Waals surface area contributed by atoms with Crippen LogP contribution in [0.2, 0.25) is 0 Å². The number of Topliss-reactive ketones (excluding diaryl/α,β-unsaturated/α-hetero) is 1. The normalized spacial score (nSPS) is 18.7. The van der Waals surface area contributed by atoms with Gasteiger partial charge in [-0.05, 0) is 25.8 Å². The molecule has 2 rings (SSSR count). The Morgan fingerprint density at radius 3 is 2.06 bits per heavy atom. The smallest absolute Gasteiger partial charge is 0.168 e. The highest BCUT2D eigenvalue weighted by Crippen LogP contribution is 2.48. The highest BCUT2D eigenvalue weighted by Gasteiger charge is 2.32. The molecule has 1 aromatic rings. The summed E-state index contributed by atoms with van der Waals surface area (Å²) in [5.41, 5.74) is 4.87. The second-order valence-electron chi connectivity index (χ2n) is 6.48. The molecule has 1 fully saturated rings. The molecule has 1 atom stereocenters. The average molecular weight is 242 g/mol. The van der Waals surface area contributed by atoms with Crippen LogP contribution in [0.5, 0.6) is 0 Å². The Labute approximate surface area is 110 Å². The number of allylic oxidation sites excluding steroid dienone is 2. The van der Waals surface area contributed by atoms with Gasteiger partial charge in [0.05, 0.1) is 0 Å². The number of carbonyl (C=O) groups is 1. The molecule has 1 aliphatic carbocycles. The first-order chi connectivity index (χ1) is 8.30. The molecule has 18 heavy (non-hydrogen) atoms. The summed E-state index contributed by atoms with van der Waals surface area (Å²) in [7, 11) is 0. The zero-order valence-corrected chi connectivity index (χ0v) is 12.0. The Morgan fingerprint density at radius 2 is 1.67 bits per heavy atom. The first-order valence-corrected chi connectivity index (χ1v) is 6.61. The molecule has 0 amide bonds. The van der Waals surface area contributed by atoms with Crippen molar-refractivity contribution in [3.8, 4) is 0 Å². The van der Waals surface area contributed by atoms with Crippen molar-refractivity contribution < 1.29 is 4.79 Å². The number of benzene rings is 1. The van der Waals surface area contributed by atoms with E-state index in [2.05, 4.69) is 26.0 Å². The standard InChI is InChI=1S/C17H22O/c1-11(2)14-10-15(14)12-6-8-13(9-7-12)16(18)17(3,4)5/h6-9,15H,10H2,1-5H3. The van der Waals surface area contributed by atoms with Crippen molar-refractivity contribution in [1.82, 2.24) is 0 Å². The first kappa shape index (κ1) is 13.1. The predicted octanol–water partition coefficient (Wildman–Crippen LogP) is 4.74. The summed E-state index contributed by atoms with van der Waals surface area (Å²) in [6.45, 7) is 10.2. The van der Waals surface area contributed by atoms with Crippen LogP contribution in [0.15, 0.2) is 35.4 Å². The first-order valence-electron chi connectivity index (χ1n) is 6.61. The summed E-state index contributed by atoms with van der Waals surface area (Å²) in [6, 6.07) is 8.17.